The van der Waals surface area contributed by atoms with Crippen molar-refractivity contribution < 1.29 is 43.0 Å². The molecule has 0 fully saturated rings. The highest BCUT2D eigenvalue weighted by Crippen LogP contribution is 2.24. The summed E-state index contributed by atoms with van der Waals surface area (Å²) in [5.41, 5.74) is 0.618. The van der Waals surface area contributed by atoms with E-state index in [9.17, 15) is 28.8 Å². The Bertz CT molecular complexity index is 1400. The van der Waals surface area contributed by atoms with Crippen LogP contribution in [0.5, 0.6) is 17.2 Å². The topological polar surface area (TPSA) is 130 Å². The highest BCUT2D eigenvalue weighted by molar-refractivity contribution is 6.08. The van der Waals surface area contributed by atoms with E-state index < -0.39 is 11.9 Å². The van der Waals surface area contributed by atoms with Gasteiger partial charge in [-0.2, -0.15) is 0 Å². The molecular weight excluding hydrogens is 492 g/mol. The lowest BCUT2D eigenvalue weighted by Gasteiger charge is -2.11. The molecule has 38 heavy (non-hydrogen) atoms. The van der Waals surface area contributed by atoms with Gasteiger partial charge in [0.05, 0.1) is 25.5 Å². The van der Waals surface area contributed by atoms with Gasteiger partial charge in [0.2, 0.25) is 0 Å². The van der Waals surface area contributed by atoms with Crippen LogP contribution in [0.3, 0.4) is 0 Å². The number of carbonyl (C=O) groups is 6. The van der Waals surface area contributed by atoms with E-state index in [0.29, 0.717) is 11.1 Å². The number of methoxy groups -OCH3 is 1. The van der Waals surface area contributed by atoms with Crippen molar-refractivity contribution in [2.45, 2.75) is 26.7 Å². The van der Waals surface area contributed by atoms with Crippen molar-refractivity contribution in [3.8, 4) is 17.2 Å². The molecule has 3 aromatic carbocycles. The van der Waals surface area contributed by atoms with Crippen LogP contribution < -0.4 is 14.2 Å². The quantitative estimate of drug-likeness (QED) is 0.157. The first kappa shape index (κ1) is 27.7. The van der Waals surface area contributed by atoms with Gasteiger partial charge in [-0.1, -0.05) is 0 Å². The van der Waals surface area contributed by atoms with Gasteiger partial charge in [-0.05, 0) is 80.6 Å². The van der Waals surface area contributed by atoms with Gasteiger partial charge in [0.25, 0.3) is 0 Å². The Morgan fingerprint density at radius 3 is 1.42 bits per heavy atom. The van der Waals surface area contributed by atoms with Crippen molar-refractivity contribution >= 4 is 35.1 Å². The molecule has 0 aliphatic carbocycles. The monoisotopic (exact) mass is 516 g/mol. The number of carbonyl (C=O) groups excluding carboxylic acids is 6. The Morgan fingerprint density at radius 2 is 1.00 bits per heavy atom. The van der Waals surface area contributed by atoms with Gasteiger partial charge in [0, 0.05) is 11.1 Å². The summed E-state index contributed by atoms with van der Waals surface area (Å²) in [6, 6.07) is 15.6. The zero-order valence-electron chi connectivity index (χ0n) is 20.9. The molecule has 3 aromatic rings. The minimum absolute atomic E-state index is 0.0381. The molecule has 0 aliphatic heterocycles. The molecule has 0 unspecified atom stereocenters. The molecule has 9 heteroatoms. The zero-order chi connectivity index (χ0) is 27.8. The second-order valence-electron chi connectivity index (χ2n) is 8.35. The molecular formula is C29H24O9. The van der Waals surface area contributed by atoms with Crippen LogP contribution in [0.4, 0.5) is 0 Å². The second kappa shape index (κ2) is 12.4. The molecule has 0 saturated heterocycles. The number of hydrogen-bond donors (Lipinski definition) is 0. The summed E-state index contributed by atoms with van der Waals surface area (Å²) in [6.45, 7) is 2.64. The van der Waals surface area contributed by atoms with Gasteiger partial charge in [0.15, 0.2) is 11.6 Å². The minimum atomic E-state index is -0.812. The number of ether oxygens (including phenoxy) is 3. The standard InChI is InChI=1S/C29H24O9/c1-17(30)14-25(32)19-4-9-22(10-5-19)37-28(34)21-8-13-27(36-3)24(16-21)29(35)38-23-11-6-20(7-12-23)26(33)15-18(2)31/h4-13,16H,14-15H2,1-3H3. The van der Waals surface area contributed by atoms with Gasteiger partial charge >= 0.3 is 11.9 Å². The average Bonchev–Trinajstić information content (AvgIpc) is 2.88. The molecule has 0 N–H and O–H groups in total. The molecule has 194 valence electrons. The summed E-state index contributed by atoms with van der Waals surface area (Å²) >= 11 is 0. The Morgan fingerprint density at radius 1 is 0.579 bits per heavy atom. The number of hydrogen-bond acceptors (Lipinski definition) is 9. The minimum Gasteiger partial charge on any atom is -0.496 e. The van der Waals surface area contributed by atoms with Crippen LogP contribution in [0.25, 0.3) is 0 Å². The predicted molar refractivity (Wildman–Crippen MR) is 135 cm³/mol. The lowest BCUT2D eigenvalue weighted by molar-refractivity contribution is -0.117. The molecule has 0 heterocycles. The van der Waals surface area contributed by atoms with Crippen LogP contribution in [0.1, 0.15) is 68.1 Å². The summed E-state index contributed by atoms with van der Waals surface area (Å²) in [6.07, 6.45) is -0.437. The third-order valence-electron chi connectivity index (χ3n) is 5.25. The maximum Gasteiger partial charge on any atom is 0.347 e. The third-order valence-corrected chi connectivity index (χ3v) is 5.25. The second-order valence-corrected chi connectivity index (χ2v) is 8.35. The van der Waals surface area contributed by atoms with Crippen molar-refractivity contribution in [2.24, 2.45) is 0 Å². The van der Waals surface area contributed by atoms with Crippen LogP contribution in [-0.4, -0.2) is 42.2 Å². The first-order chi connectivity index (χ1) is 18.1. The van der Waals surface area contributed by atoms with Crippen molar-refractivity contribution in [1.29, 1.82) is 0 Å². The van der Waals surface area contributed by atoms with Crippen molar-refractivity contribution in [3.05, 3.63) is 89.0 Å². The summed E-state index contributed by atoms with van der Waals surface area (Å²) in [4.78, 5) is 71.8. The molecule has 0 aromatic heterocycles. The molecule has 0 spiro atoms. The lowest BCUT2D eigenvalue weighted by Crippen LogP contribution is -2.14. The number of rotatable bonds is 11. The highest BCUT2D eigenvalue weighted by atomic mass is 16.5. The maximum absolute atomic E-state index is 12.8. The molecule has 3 rings (SSSR count). The van der Waals surface area contributed by atoms with E-state index in [0.717, 1.165) is 0 Å². The SMILES string of the molecule is COc1ccc(C(=O)Oc2ccc(C(=O)CC(C)=O)cc2)cc1C(=O)Oc1ccc(C(=O)CC(C)=O)cc1. The summed E-state index contributed by atoms with van der Waals surface area (Å²) in [7, 11) is 1.36. The van der Waals surface area contributed by atoms with E-state index in [1.54, 1.807) is 0 Å². The molecule has 0 amide bonds. The Kier molecular flexibility index (Phi) is 8.99. The number of Topliss-reactive ketones (excluding diaryl/α,β-unsaturated/α-hetero) is 4. The fourth-order valence-electron chi connectivity index (χ4n) is 3.40. The van der Waals surface area contributed by atoms with E-state index in [1.807, 2.05) is 0 Å². The maximum atomic E-state index is 12.8. The van der Waals surface area contributed by atoms with Crippen LogP contribution in [-0.2, 0) is 9.59 Å². The summed E-state index contributed by atoms with van der Waals surface area (Å²) in [5.74, 6) is -2.31. The van der Waals surface area contributed by atoms with Crippen molar-refractivity contribution in [2.75, 3.05) is 7.11 Å². The Hall–Kier alpha value is -4.92. The van der Waals surface area contributed by atoms with Crippen LogP contribution in [0.2, 0.25) is 0 Å². The van der Waals surface area contributed by atoms with Gasteiger partial charge in [-0.3, -0.25) is 19.2 Å². The molecule has 9 nitrogen and oxygen atoms in total. The smallest absolute Gasteiger partial charge is 0.347 e. The van der Waals surface area contributed by atoms with Gasteiger partial charge in [0.1, 0.15) is 34.4 Å². The molecule has 0 aliphatic rings. The molecule has 0 saturated carbocycles. The van der Waals surface area contributed by atoms with E-state index in [1.165, 1.54) is 87.7 Å². The van der Waals surface area contributed by atoms with Gasteiger partial charge in [-0.15, -0.1) is 0 Å². The normalized spacial score (nSPS) is 10.3. The van der Waals surface area contributed by atoms with E-state index >= 15 is 0 Å². The fourth-order valence-corrected chi connectivity index (χ4v) is 3.40. The number of esters is 2. The van der Waals surface area contributed by atoms with E-state index in [-0.39, 0.29) is 64.4 Å². The zero-order valence-corrected chi connectivity index (χ0v) is 20.9. The third kappa shape index (κ3) is 7.30. The first-order valence-electron chi connectivity index (χ1n) is 11.4. The fraction of sp³-hybridized carbons (Fsp3) is 0.172. The van der Waals surface area contributed by atoms with Crippen LogP contribution in [0.15, 0.2) is 66.7 Å². The number of ketones is 4. The summed E-state index contributed by atoms with van der Waals surface area (Å²) < 4.78 is 15.9. The summed E-state index contributed by atoms with van der Waals surface area (Å²) in [5, 5.41) is 0. The lowest BCUT2D eigenvalue weighted by atomic mass is 10.1. The first-order valence-corrected chi connectivity index (χ1v) is 11.4. The van der Waals surface area contributed by atoms with Gasteiger partial charge < -0.3 is 14.2 Å². The largest absolute Gasteiger partial charge is 0.496 e. The van der Waals surface area contributed by atoms with Crippen LogP contribution >= 0.6 is 0 Å². The van der Waals surface area contributed by atoms with E-state index in [4.69, 9.17) is 14.2 Å². The van der Waals surface area contributed by atoms with Gasteiger partial charge in [-0.25, -0.2) is 9.59 Å². The Labute approximate surface area is 218 Å². The number of benzene rings is 3. The van der Waals surface area contributed by atoms with Crippen LogP contribution in [0, 0.1) is 0 Å². The Balaban J connectivity index is 1.73. The van der Waals surface area contributed by atoms with Crippen molar-refractivity contribution in [3.63, 3.8) is 0 Å². The van der Waals surface area contributed by atoms with E-state index in [2.05, 4.69) is 0 Å². The predicted octanol–water partition coefficient (Wildman–Crippen LogP) is 4.46. The highest BCUT2D eigenvalue weighted by Gasteiger charge is 2.20. The molecule has 0 radical (unpaired) electrons. The molecule has 0 bridgehead atoms. The molecule has 0 atom stereocenters. The van der Waals surface area contributed by atoms with Crippen molar-refractivity contribution in [1.82, 2.24) is 0 Å². The average molecular weight is 517 g/mol.